The summed E-state index contributed by atoms with van der Waals surface area (Å²) in [6, 6.07) is 1.99. The number of nitrogens with zero attached hydrogens (tertiary/aromatic N) is 2. The minimum atomic E-state index is 0.316. The zero-order valence-corrected chi connectivity index (χ0v) is 6.36. The summed E-state index contributed by atoms with van der Waals surface area (Å²) < 4.78 is 1.79. The van der Waals surface area contributed by atoms with Crippen molar-refractivity contribution in [2.24, 2.45) is 7.05 Å². The van der Waals surface area contributed by atoms with Gasteiger partial charge in [-0.1, -0.05) is 0 Å². The van der Waals surface area contributed by atoms with Gasteiger partial charge in [0.2, 0.25) is 0 Å². The molecule has 58 valence electrons. The zero-order valence-electron chi connectivity index (χ0n) is 6.36. The minimum Gasteiger partial charge on any atom is -0.309 e. The molecule has 0 spiro atoms. The molecule has 0 N–H and O–H groups in total. The first-order valence-electron chi connectivity index (χ1n) is 3.60. The highest BCUT2D eigenvalue weighted by Crippen LogP contribution is 2.17. The van der Waals surface area contributed by atoms with E-state index >= 15 is 0 Å². The summed E-state index contributed by atoms with van der Waals surface area (Å²) in [5.41, 5.74) is 1.05. The van der Waals surface area contributed by atoms with Crippen LogP contribution in [0.3, 0.4) is 0 Å². The summed E-state index contributed by atoms with van der Waals surface area (Å²) in [4.78, 5) is 9.54. The first kappa shape index (κ1) is 6.88. The molecule has 2 heterocycles. The predicted octanol–water partition coefficient (Wildman–Crippen LogP) is -0.226. The second kappa shape index (κ2) is 2.67. The lowest BCUT2D eigenvalue weighted by molar-refractivity contribution is -0.183. The molecule has 0 saturated carbocycles. The number of hydrogen-bond acceptors (Lipinski definition) is 3. The monoisotopic (exact) mass is 152 g/mol. The van der Waals surface area contributed by atoms with E-state index in [0.29, 0.717) is 19.9 Å². The van der Waals surface area contributed by atoms with E-state index in [1.54, 1.807) is 4.68 Å². The van der Waals surface area contributed by atoms with Crippen LogP contribution in [-0.4, -0.2) is 23.9 Å². The van der Waals surface area contributed by atoms with E-state index in [-0.39, 0.29) is 0 Å². The average molecular weight is 152 g/mol. The summed E-state index contributed by atoms with van der Waals surface area (Å²) in [6.07, 6.45) is 1.92. The highest BCUT2D eigenvalue weighted by molar-refractivity contribution is 6.30. The van der Waals surface area contributed by atoms with Crippen molar-refractivity contribution >= 4 is 7.48 Å². The van der Waals surface area contributed by atoms with Crippen LogP contribution in [0.5, 0.6) is 0 Å². The van der Waals surface area contributed by atoms with Gasteiger partial charge in [0.25, 0.3) is 0 Å². The van der Waals surface area contributed by atoms with E-state index in [0.717, 1.165) is 5.69 Å². The Morgan fingerprint density at radius 1 is 1.82 bits per heavy atom. The van der Waals surface area contributed by atoms with Gasteiger partial charge in [0.15, 0.2) is 0 Å². The summed E-state index contributed by atoms with van der Waals surface area (Å²) >= 11 is 0. The van der Waals surface area contributed by atoms with E-state index in [1.165, 1.54) is 0 Å². The van der Waals surface area contributed by atoms with Gasteiger partial charge in [-0.2, -0.15) is 5.10 Å². The van der Waals surface area contributed by atoms with Crippen molar-refractivity contribution in [1.82, 2.24) is 9.78 Å². The lowest BCUT2D eigenvalue weighted by Crippen LogP contribution is -2.05. The third-order valence-electron chi connectivity index (χ3n) is 1.77. The molecule has 2 rings (SSSR count). The zero-order chi connectivity index (χ0) is 7.68. The summed E-state index contributed by atoms with van der Waals surface area (Å²) in [7, 11) is 2.52. The molecule has 1 aromatic heterocycles. The number of aryl methyl sites for hydroxylation is 1. The molecule has 0 radical (unpaired) electrons. The van der Waals surface area contributed by atoms with E-state index < -0.39 is 0 Å². The summed E-state index contributed by atoms with van der Waals surface area (Å²) in [5, 5.41) is 4.25. The molecule has 0 aliphatic carbocycles. The fraction of sp³-hybridized carbons (Fsp3) is 0.500. The van der Waals surface area contributed by atoms with Crippen LogP contribution >= 0.6 is 0 Å². The van der Waals surface area contributed by atoms with Crippen LogP contribution in [0.1, 0.15) is 11.5 Å². The Morgan fingerprint density at radius 3 is 3.27 bits per heavy atom. The Morgan fingerprint density at radius 2 is 2.73 bits per heavy atom. The molecule has 0 aromatic carbocycles. The predicted molar refractivity (Wildman–Crippen MR) is 40.1 cm³/mol. The quantitative estimate of drug-likeness (QED) is 0.412. The lowest BCUT2D eigenvalue weighted by atomic mass is 9.80. The molecule has 1 saturated heterocycles. The van der Waals surface area contributed by atoms with Crippen molar-refractivity contribution in [1.29, 1.82) is 0 Å². The van der Waals surface area contributed by atoms with Crippen molar-refractivity contribution < 1.29 is 9.69 Å². The molecule has 1 aromatic rings. The third-order valence-corrected chi connectivity index (χ3v) is 1.77. The van der Waals surface area contributed by atoms with Gasteiger partial charge in [0.1, 0.15) is 0 Å². The van der Waals surface area contributed by atoms with Gasteiger partial charge in [-0.15, -0.1) is 0 Å². The second-order valence-corrected chi connectivity index (χ2v) is 2.68. The Bertz CT molecular complexity index is 244. The van der Waals surface area contributed by atoms with Crippen LogP contribution in [0.25, 0.3) is 0 Å². The number of rotatable bonds is 1. The van der Waals surface area contributed by atoms with Gasteiger partial charge in [-0.3, -0.25) is 9.57 Å². The first-order chi connectivity index (χ1) is 5.36. The van der Waals surface area contributed by atoms with Crippen LogP contribution in [0.15, 0.2) is 12.3 Å². The average Bonchev–Trinajstić information content (AvgIpc) is 2.55. The van der Waals surface area contributed by atoms with Gasteiger partial charge in [-0.25, -0.2) is 0 Å². The van der Waals surface area contributed by atoms with Crippen LogP contribution in [-0.2, 0) is 16.7 Å². The lowest BCUT2D eigenvalue weighted by Gasteiger charge is -1.96. The summed E-state index contributed by atoms with van der Waals surface area (Å²) in [5.74, 6) is 0.316. The molecule has 1 atom stereocenters. The topological polar surface area (TPSA) is 36.3 Å². The Balaban J connectivity index is 2.15. The Hall–Kier alpha value is -0.805. The Kier molecular flexibility index (Phi) is 1.67. The minimum absolute atomic E-state index is 0.316. The maximum Gasteiger partial charge on any atom is 0.334 e. The van der Waals surface area contributed by atoms with Gasteiger partial charge in [0, 0.05) is 19.1 Å². The Labute approximate surface area is 65.3 Å². The number of hydrogen-bond donors (Lipinski definition) is 0. The van der Waals surface area contributed by atoms with E-state index in [1.807, 2.05) is 19.3 Å². The SMILES string of the molecule is Cn1ccc(C2BOOC2)n1. The van der Waals surface area contributed by atoms with Gasteiger partial charge < -0.3 is 4.81 Å². The molecule has 5 heteroatoms. The molecule has 1 unspecified atom stereocenters. The van der Waals surface area contributed by atoms with Crippen LogP contribution in [0.2, 0.25) is 0 Å². The maximum atomic E-state index is 4.77. The van der Waals surface area contributed by atoms with Crippen molar-refractivity contribution in [2.75, 3.05) is 6.61 Å². The van der Waals surface area contributed by atoms with E-state index in [4.69, 9.17) is 9.69 Å². The maximum absolute atomic E-state index is 4.77. The third kappa shape index (κ3) is 1.29. The van der Waals surface area contributed by atoms with Crippen LogP contribution in [0.4, 0.5) is 0 Å². The molecule has 1 aliphatic heterocycles. The molecular weight excluding hydrogens is 143 g/mol. The normalized spacial score (nSPS) is 23.5. The fourth-order valence-corrected chi connectivity index (χ4v) is 1.13. The summed E-state index contributed by atoms with van der Waals surface area (Å²) in [6.45, 7) is 0.622. The van der Waals surface area contributed by atoms with Gasteiger partial charge >= 0.3 is 7.48 Å². The van der Waals surface area contributed by atoms with Crippen molar-refractivity contribution in [2.45, 2.75) is 5.82 Å². The highest BCUT2D eigenvalue weighted by Gasteiger charge is 2.23. The van der Waals surface area contributed by atoms with E-state index in [9.17, 15) is 0 Å². The van der Waals surface area contributed by atoms with Crippen LogP contribution in [0, 0.1) is 0 Å². The second-order valence-electron chi connectivity index (χ2n) is 2.68. The molecule has 4 nitrogen and oxygen atoms in total. The molecular formula is C6H9BN2O2. The van der Waals surface area contributed by atoms with Gasteiger partial charge in [0.05, 0.1) is 12.3 Å². The standard InChI is InChI=1S/C6H9BN2O2/c1-9-3-2-6(8-9)5-4-10-11-7-5/h2-3,5,7H,4H2,1H3. The van der Waals surface area contributed by atoms with Crippen LogP contribution < -0.4 is 0 Å². The largest absolute Gasteiger partial charge is 0.334 e. The van der Waals surface area contributed by atoms with E-state index in [2.05, 4.69) is 5.10 Å². The molecule has 1 aliphatic rings. The molecule has 11 heavy (non-hydrogen) atoms. The smallest absolute Gasteiger partial charge is 0.309 e. The molecule has 1 fully saturated rings. The molecule has 0 amide bonds. The first-order valence-corrected chi connectivity index (χ1v) is 3.60. The van der Waals surface area contributed by atoms with Gasteiger partial charge in [-0.05, 0) is 6.07 Å². The number of aromatic nitrogens is 2. The van der Waals surface area contributed by atoms with Crippen molar-refractivity contribution in [3.05, 3.63) is 18.0 Å². The molecule has 0 bridgehead atoms. The van der Waals surface area contributed by atoms with Crippen molar-refractivity contribution in [3.63, 3.8) is 0 Å². The fourth-order valence-electron chi connectivity index (χ4n) is 1.13. The van der Waals surface area contributed by atoms with Crippen molar-refractivity contribution in [3.8, 4) is 0 Å². The highest BCUT2D eigenvalue weighted by atomic mass is 17.2.